The second-order valence-electron chi connectivity index (χ2n) is 5.80. The number of rotatable bonds is 7. The molecule has 0 spiro atoms. The predicted molar refractivity (Wildman–Crippen MR) is 103 cm³/mol. The molecular weight excluding hydrogens is 334 g/mol. The summed E-state index contributed by atoms with van der Waals surface area (Å²) in [5, 5.41) is 12.4. The molecule has 0 aliphatic carbocycles. The molecule has 0 bridgehead atoms. The van der Waals surface area contributed by atoms with E-state index in [4.69, 9.17) is 0 Å². The van der Waals surface area contributed by atoms with E-state index in [-0.39, 0.29) is 5.91 Å². The fourth-order valence-corrected chi connectivity index (χ4v) is 3.00. The molecule has 6 nitrogen and oxygen atoms in total. The number of carbonyl (C=O) groups excluding carboxylic acids is 1. The minimum absolute atomic E-state index is 0.0747. The van der Waals surface area contributed by atoms with E-state index in [1.165, 1.54) is 0 Å². The van der Waals surface area contributed by atoms with Crippen molar-refractivity contribution in [3.05, 3.63) is 52.0 Å². The second kappa shape index (κ2) is 9.78. The number of nitrogens with zero attached hydrogens (tertiary/aromatic N) is 2. The third kappa shape index (κ3) is 6.19. The number of thiazole rings is 1. The topological polar surface area (TPSA) is 78.4 Å². The van der Waals surface area contributed by atoms with Gasteiger partial charge < -0.3 is 16.0 Å². The van der Waals surface area contributed by atoms with Crippen LogP contribution in [0.5, 0.6) is 0 Å². The van der Waals surface area contributed by atoms with Crippen molar-refractivity contribution in [2.45, 2.75) is 26.3 Å². The maximum Gasteiger partial charge on any atom is 0.251 e. The molecule has 1 heterocycles. The van der Waals surface area contributed by atoms with Crippen molar-refractivity contribution in [1.82, 2.24) is 20.9 Å². The van der Waals surface area contributed by atoms with Crippen LogP contribution in [0.2, 0.25) is 0 Å². The molecule has 0 aliphatic heterocycles. The van der Waals surface area contributed by atoms with Crippen LogP contribution in [0.25, 0.3) is 0 Å². The molecule has 7 heteroatoms. The summed E-state index contributed by atoms with van der Waals surface area (Å²) < 4.78 is 0. The SMILES string of the molecule is CN=C(NCCNC(=O)c1ccccc1)NCc1nc(C(C)C)cs1. The number of guanidine groups is 1. The molecule has 0 saturated carbocycles. The third-order valence-electron chi connectivity index (χ3n) is 3.53. The van der Waals surface area contributed by atoms with Crippen LogP contribution in [0.3, 0.4) is 0 Å². The van der Waals surface area contributed by atoms with Crippen LogP contribution < -0.4 is 16.0 Å². The van der Waals surface area contributed by atoms with E-state index in [0.717, 1.165) is 10.7 Å². The summed E-state index contributed by atoms with van der Waals surface area (Å²) in [6.45, 7) is 6.01. The van der Waals surface area contributed by atoms with E-state index in [9.17, 15) is 4.79 Å². The third-order valence-corrected chi connectivity index (χ3v) is 4.40. The van der Waals surface area contributed by atoms with Gasteiger partial charge in [0.25, 0.3) is 5.91 Å². The van der Waals surface area contributed by atoms with Crippen molar-refractivity contribution >= 4 is 23.2 Å². The summed E-state index contributed by atoms with van der Waals surface area (Å²) in [5.41, 5.74) is 1.78. The van der Waals surface area contributed by atoms with Crippen molar-refractivity contribution < 1.29 is 4.79 Å². The Bertz CT molecular complexity index is 697. The first-order chi connectivity index (χ1) is 12.1. The summed E-state index contributed by atoms with van der Waals surface area (Å²) in [6, 6.07) is 9.18. The average Bonchev–Trinajstić information content (AvgIpc) is 3.11. The highest BCUT2D eigenvalue weighted by Crippen LogP contribution is 2.17. The van der Waals surface area contributed by atoms with Gasteiger partial charge in [0.2, 0.25) is 0 Å². The van der Waals surface area contributed by atoms with Crippen molar-refractivity contribution in [3.63, 3.8) is 0 Å². The Morgan fingerprint density at radius 3 is 2.52 bits per heavy atom. The van der Waals surface area contributed by atoms with Gasteiger partial charge in [0.1, 0.15) is 5.01 Å². The lowest BCUT2D eigenvalue weighted by Gasteiger charge is -2.11. The molecular formula is C18H25N5OS. The Balaban J connectivity index is 1.69. The minimum Gasteiger partial charge on any atom is -0.355 e. The minimum atomic E-state index is -0.0747. The molecule has 1 aromatic carbocycles. The first-order valence-electron chi connectivity index (χ1n) is 8.32. The van der Waals surface area contributed by atoms with Crippen LogP contribution in [0.15, 0.2) is 40.7 Å². The highest BCUT2D eigenvalue weighted by molar-refractivity contribution is 7.09. The zero-order valence-electron chi connectivity index (χ0n) is 14.9. The average molecular weight is 359 g/mol. The lowest BCUT2D eigenvalue weighted by molar-refractivity contribution is 0.0954. The molecule has 0 unspecified atom stereocenters. The lowest BCUT2D eigenvalue weighted by atomic mass is 10.2. The predicted octanol–water partition coefficient (Wildman–Crippen LogP) is 2.36. The maximum absolute atomic E-state index is 11.9. The second-order valence-corrected chi connectivity index (χ2v) is 6.74. The maximum atomic E-state index is 11.9. The highest BCUT2D eigenvalue weighted by Gasteiger charge is 2.07. The van der Waals surface area contributed by atoms with Crippen LogP contribution in [-0.2, 0) is 6.54 Å². The molecule has 25 heavy (non-hydrogen) atoms. The molecule has 2 aromatic rings. The van der Waals surface area contributed by atoms with Crippen LogP contribution in [-0.4, -0.2) is 37.0 Å². The van der Waals surface area contributed by atoms with Gasteiger partial charge in [-0.15, -0.1) is 11.3 Å². The first-order valence-corrected chi connectivity index (χ1v) is 9.20. The van der Waals surface area contributed by atoms with Crippen LogP contribution >= 0.6 is 11.3 Å². The van der Waals surface area contributed by atoms with Gasteiger partial charge >= 0.3 is 0 Å². The summed E-state index contributed by atoms with van der Waals surface area (Å²) >= 11 is 1.65. The van der Waals surface area contributed by atoms with Gasteiger partial charge in [-0.3, -0.25) is 9.79 Å². The van der Waals surface area contributed by atoms with Crippen LogP contribution in [0, 0.1) is 0 Å². The van der Waals surface area contributed by atoms with Crippen molar-refractivity contribution in [3.8, 4) is 0 Å². The van der Waals surface area contributed by atoms with E-state index in [0.29, 0.717) is 37.1 Å². The van der Waals surface area contributed by atoms with Gasteiger partial charge in [-0.1, -0.05) is 32.0 Å². The molecule has 0 radical (unpaired) electrons. The molecule has 0 atom stereocenters. The van der Waals surface area contributed by atoms with Crippen LogP contribution in [0.4, 0.5) is 0 Å². The number of benzene rings is 1. The molecule has 0 fully saturated rings. The van der Waals surface area contributed by atoms with Gasteiger partial charge in [0.05, 0.1) is 12.2 Å². The van der Waals surface area contributed by atoms with Crippen molar-refractivity contribution in [2.24, 2.45) is 4.99 Å². The quantitative estimate of drug-likeness (QED) is 0.403. The standard InChI is InChI=1S/C18H25N5OS/c1-13(2)15-12-25-16(23-15)11-22-18(19-3)21-10-9-20-17(24)14-7-5-4-6-8-14/h4-8,12-13H,9-11H2,1-3H3,(H,20,24)(H2,19,21,22). The van der Waals surface area contributed by atoms with Gasteiger partial charge in [0, 0.05) is 31.1 Å². The van der Waals surface area contributed by atoms with Gasteiger partial charge in [0.15, 0.2) is 5.96 Å². The summed E-state index contributed by atoms with van der Waals surface area (Å²) in [4.78, 5) is 20.7. The van der Waals surface area contributed by atoms with Gasteiger partial charge in [-0.2, -0.15) is 0 Å². The normalized spacial score (nSPS) is 11.4. The molecule has 3 N–H and O–H groups in total. The molecule has 1 amide bonds. The number of amides is 1. The van der Waals surface area contributed by atoms with E-state index in [1.807, 2.05) is 18.2 Å². The Labute approximate surface area is 152 Å². The van der Waals surface area contributed by atoms with E-state index in [2.05, 4.69) is 45.2 Å². The Morgan fingerprint density at radius 2 is 1.88 bits per heavy atom. The first kappa shape index (κ1) is 18.9. The highest BCUT2D eigenvalue weighted by atomic mass is 32.1. The number of aliphatic imine (C=N–C) groups is 1. The van der Waals surface area contributed by atoms with E-state index in [1.54, 1.807) is 30.5 Å². The molecule has 0 aliphatic rings. The summed E-state index contributed by atoms with van der Waals surface area (Å²) in [7, 11) is 1.72. The zero-order chi connectivity index (χ0) is 18.1. The molecule has 1 aromatic heterocycles. The largest absolute Gasteiger partial charge is 0.355 e. The fraction of sp³-hybridized carbons (Fsp3) is 0.389. The number of carbonyl (C=O) groups is 1. The van der Waals surface area contributed by atoms with Gasteiger partial charge in [-0.25, -0.2) is 4.98 Å². The molecule has 0 saturated heterocycles. The number of hydrogen-bond acceptors (Lipinski definition) is 4. The Hall–Kier alpha value is -2.41. The number of hydrogen-bond donors (Lipinski definition) is 3. The van der Waals surface area contributed by atoms with Crippen molar-refractivity contribution in [2.75, 3.05) is 20.1 Å². The van der Waals surface area contributed by atoms with E-state index >= 15 is 0 Å². The Kier molecular flexibility index (Phi) is 7.40. The number of aromatic nitrogens is 1. The Morgan fingerprint density at radius 1 is 1.16 bits per heavy atom. The number of nitrogens with one attached hydrogen (secondary N) is 3. The van der Waals surface area contributed by atoms with Gasteiger partial charge in [-0.05, 0) is 18.1 Å². The van der Waals surface area contributed by atoms with Crippen molar-refractivity contribution in [1.29, 1.82) is 0 Å². The van der Waals surface area contributed by atoms with E-state index < -0.39 is 0 Å². The zero-order valence-corrected chi connectivity index (χ0v) is 15.7. The smallest absolute Gasteiger partial charge is 0.251 e. The fourth-order valence-electron chi connectivity index (χ4n) is 2.10. The lowest BCUT2D eigenvalue weighted by Crippen LogP contribution is -2.41. The monoisotopic (exact) mass is 359 g/mol. The summed E-state index contributed by atoms with van der Waals surface area (Å²) in [5.74, 6) is 1.06. The van der Waals surface area contributed by atoms with Crippen LogP contribution in [0.1, 0.15) is 40.8 Å². The molecule has 2 rings (SSSR count). The molecule has 134 valence electrons. The summed E-state index contributed by atoms with van der Waals surface area (Å²) in [6.07, 6.45) is 0.